The quantitative estimate of drug-likeness (QED) is 0.579. The molecule has 0 saturated heterocycles. The molecule has 0 fully saturated rings. The van der Waals surface area contributed by atoms with Crippen LogP contribution < -0.4 is 16.4 Å². The molecule has 2 rings (SSSR count). The Balaban J connectivity index is 1.91. The molecule has 21 heavy (non-hydrogen) atoms. The number of anilines is 2. The topological polar surface area (TPSA) is 67.2 Å². The number of hydrogen-bond acceptors (Lipinski definition) is 3. The van der Waals surface area contributed by atoms with Crippen LogP contribution in [0.5, 0.6) is 0 Å². The third-order valence-corrected chi connectivity index (χ3v) is 3.56. The normalized spacial score (nSPS) is 9.95. The second kappa shape index (κ2) is 7.19. The van der Waals surface area contributed by atoms with Gasteiger partial charge < -0.3 is 16.4 Å². The molecule has 0 aliphatic rings. The fourth-order valence-electron chi connectivity index (χ4n) is 1.74. The molecule has 0 unspecified atom stereocenters. The molecule has 0 aromatic heterocycles. The first-order valence-corrected chi connectivity index (χ1v) is 7.44. The van der Waals surface area contributed by atoms with Gasteiger partial charge >= 0.3 is 0 Å². The number of hydrogen-bond donors (Lipinski definition) is 3. The van der Waals surface area contributed by atoms with Crippen molar-refractivity contribution < 1.29 is 4.79 Å². The Labute approximate surface area is 136 Å². The highest BCUT2D eigenvalue weighted by Gasteiger charge is 2.07. The molecule has 0 spiro atoms. The van der Waals surface area contributed by atoms with Crippen molar-refractivity contribution in [2.24, 2.45) is 0 Å². The summed E-state index contributed by atoms with van der Waals surface area (Å²) in [6.07, 6.45) is 0.283. The first-order valence-electron chi connectivity index (χ1n) is 6.24. The second-order valence-corrected chi connectivity index (χ2v) is 5.67. The SMILES string of the molecule is Nc1ccc(NC(=S)NC(=O)Cc2ccccc2)c(Br)c1. The van der Waals surface area contributed by atoms with Crippen LogP contribution in [0.15, 0.2) is 53.0 Å². The Hall–Kier alpha value is -1.92. The summed E-state index contributed by atoms with van der Waals surface area (Å²) in [5.74, 6) is -0.162. The first-order chi connectivity index (χ1) is 10.0. The monoisotopic (exact) mass is 363 g/mol. The van der Waals surface area contributed by atoms with Crippen LogP contribution in [-0.4, -0.2) is 11.0 Å². The lowest BCUT2D eigenvalue weighted by Gasteiger charge is -2.11. The van der Waals surface area contributed by atoms with E-state index >= 15 is 0 Å². The summed E-state index contributed by atoms with van der Waals surface area (Å²) in [4.78, 5) is 11.9. The summed E-state index contributed by atoms with van der Waals surface area (Å²) in [6.45, 7) is 0. The standard InChI is InChI=1S/C15H14BrN3OS/c16-12-9-11(17)6-7-13(12)18-15(21)19-14(20)8-10-4-2-1-3-5-10/h1-7,9H,8,17H2,(H2,18,19,20,21). The molecule has 6 heteroatoms. The summed E-state index contributed by atoms with van der Waals surface area (Å²) in [6, 6.07) is 14.8. The van der Waals surface area contributed by atoms with Crippen molar-refractivity contribution in [1.29, 1.82) is 0 Å². The lowest BCUT2D eigenvalue weighted by Crippen LogP contribution is -2.35. The Morgan fingerprint density at radius 1 is 1.19 bits per heavy atom. The van der Waals surface area contributed by atoms with E-state index in [0.29, 0.717) is 5.69 Å². The highest BCUT2D eigenvalue weighted by Crippen LogP contribution is 2.24. The molecule has 4 nitrogen and oxygen atoms in total. The molecule has 4 N–H and O–H groups in total. The lowest BCUT2D eigenvalue weighted by atomic mass is 10.1. The molecular formula is C15H14BrN3OS. The summed E-state index contributed by atoms with van der Waals surface area (Å²) in [5.41, 5.74) is 7.99. The molecule has 0 heterocycles. The van der Waals surface area contributed by atoms with Gasteiger partial charge in [-0.05, 0) is 51.9 Å². The number of amides is 1. The number of thiocarbonyl (C=S) groups is 1. The number of rotatable bonds is 3. The maximum absolute atomic E-state index is 11.9. The minimum absolute atomic E-state index is 0.162. The average molecular weight is 364 g/mol. The van der Waals surface area contributed by atoms with Crippen molar-refractivity contribution in [2.75, 3.05) is 11.1 Å². The zero-order chi connectivity index (χ0) is 15.2. The molecule has 0 saturated carbocycles. The summed E-state index contributed by atoms with van der Waals surface area (Å²) < 4.78 is 0.780. The molecule has 0 bridgehead atoms. The van der Waals surface area contributed by atoms with Crippen LogP contribution in [0.2, 0.25) is 0 Å². The van der Waals surface area contributed by atoms with Gasteiger partial charge in [-0.1, -0.05) is 30.3 Å². The van der Waals surface area contributed by atoms with Crippen molar-refractivity contribution in [1.82, 2.24) is 5.32 Å². The maximum Gasteiger partial charge on any atom is 0.230 e. The summed E-state index contributed by atoms with van der Waals surface area (Å²) >= 11 is 8.51. The van der Waals surface area contributed by atoms with Crippen LogP contribution in [-0.2, 0) is 11.2 Å². The highest BCUT2D eigenvalue weighted by atomic mass is 79.9. The number of nitrogen functional groups attached to an aromatic ring is 1. The maximum atomic E-state index is 11.9. The van der Waals surface area contributed by atoms with Gasteiger partial charge in [0.15, 0.2) is 5.11 Å². The first kappa shape index (κ1) is 15.5. The summed E-state index contributed by atoms with van der Waals surface area (Å²) in [7, 11) is 0. The van der Waals surface area contributed by atoms with Gasteiger partial charge in [0, 0.05) is 10.2 Å². The predicted octanol–water partition coefficient (Wildman–Crippen LogP) is 3.09. The van der Waals surface area contributed by atoms with E-state index in [4.69, 9.17) is 18.0 Å². The largest absolute Gasteiger partial charge is 0.399 e. The van der Waals surface area contributed by atoms with E-state index in [2.05, 4.69) is 26.6 Å². The van der Waals surface area contributed by atoms with E-state index < -0.39 is 0 Å². The van der Waals surface area contributed by atoms with Crippen molar-refractivity contribution in [2.45, 2.75) is 6.42 Å². The smallest absolute Gasteiger partial charge is 0.230 e. The predicted molar refractivity (Wildman–Crippen MR) is 93.1 cm³/mol. The van der Waals surface area contributed by atoms with E-state index in [9.17, 15) is 4.79 Å². The third kappa shape index (κ3) is 4.84. The molecule has 0 aliphatic carbocycles. The van der Waals surface area contributed by atoms with Crippen LogP contribution in [0.25, 0.3) is 0 Å². The van der Waals surface area contributed by atoms with Crippen LogP contribution in [0.4, 0.5) is 11.4 Å². The molecule has 2 aromatic rings. The van der Waals surface area contributed by atoms with E-state index in [-0.39, 0.29) is 17.4 Å². The number of nitrogens with two attached hydrogens (primary N) is 1. The van der Waals surface area contributed by atoms with Crippen molar-refractivity contribution in [3.63, 3.8) is 0 Å². The zero-order valence-electron chi connectivity index (χ0n) is 11.1. The Morgan fingerprint density at radius 3 is 2.57 bits per heavy atom. The molecule has 1 amide bonds. The minimum Gasteiger partial charge on any atom is -0.399 e. The third-order valence-electron chi connectivity index (χ3n) is 2.70. The molecular weight excluding hydrogens is 350 g/mol. The minimum atomic E-state index is -0.162. The Bertz CT molecular complexity index is 661. The second-order valence-electron chi connectivity index (χ2n) is 4.40. The van der Waals surface area contributed by atoms with Crippen LogP contribution in [0, 0.1) is 0 Å². The van der Waals surface area contributed by atoms with Gasteiger partial charge in [0.2, 0.25) is 5.91 Å². The van der Waals surface area contributed by atoms with Crippen molar-refractivity contribution >= 4 is 50.5 Å². The van der Waals surface area contributed by atoms with E-state index in [1.165, 1.54) is 0 Å². The molecule has 108 valence electrons. The van der Waals surface area contributed by atoms with Gasteiger partial charge in [-0.15, -0.1) is 0 Å². The van der Waals surface area contributed by atoms with Crippen molar-refractivity contribution in [3.8, 4) is 0 Å². The van der Waals surface area contributed by atoms with E-state index in [0.717, 1.165) is 15.7 Å². The molecule has 2 aromatic carbocycles. The zero-order valence-corrected chi connectivity index (χ0v) is 13.5. The van der Waals surface area contributed by atoms with E-state index in [1.54, 1.807) is 18.2 Å². The summed E-state index contributed by atoms with van der Waals surface area (Å²) in [5, 5.41) is 5.85. The van der Waals surface area contributed by atoms with Crippen molar-refractivity contribution in [3.05, 3.63) is 58.6 Å². The van der Waals surface area contributed by atoms with Crippen LogP contribution in [0.1, 0.15) is 5.56 Å². The number of carbonyl (C=O) groups excluding carboxylic acids is 1. The van der Waals surface area contributed by atoms with E-state index in [1.807, 2.05) is 30.3 Å². The van der Waals surface area contributed by atoms with Gasteiger partial charge in [-0.3, -0.25) is 4.79 Å². The number of halogens is 1. The van der Waals surface area contributed by atoms with Gasteiger partial charge in [-0.25, -0.2) is 0 Å². The fourth-order valence-corrected chi connectivity index (χ4v) is 2.46. The Morgan fingerprint density at radius 2 is 1.90 bits per heavy atom. The number of benzene rings is 2. The number of carbonyl (C=O) groups is 1. The van der Waals surface area contributed by atoms with Gasteiger partial charge in [-0.2, -0.15) is 0 Å². The van der Waals surface area contributed by atoms with Crippen LogP contribution in [0.3, 0.4) is 0 Å². The van der Waals surface area contributed by atoms with Gasteiger partial charge in [0.25, 0.3) is 0 Å². The lowest BCUT2D eigenvalue weighted by molar-refractivity contribution is -0.119. The molecule has 0 atom stereocenters. The molecule has 0 radical (unpaired) electrons. The van der Waals surface area contributed by atoms with Gasteiger partial charge in [0.1, 0.15) is 0 Å². The average Bonchev–Trinajstić information content (AvgIpc) is 2.43. The van der Waals surface area contributed by atoms with Gasteiger partial charge in [0.05, 0.1) is 12.1 Å². The fraction of sp³-hybridized carbons (Fsp3) is 0.0667. The van der Waals surface area contributed by atoms with Crippen LogP contribution >= 0.6 is 28.1 Å². The number of nitrogens with one attached hydrogen (secondary N) is 2. The molecule has 0 aliphatic heterocycles. The highest BCUT2D eigenvalue weighted by molar-refractivity contribution is 9.10. The Kier molecular flexibility index (Phi) is 5.30.